The number of amidine groups is 2. The van der Waals surface area contributed by atoms with E-state index in [4.69, 9.17) is 24.6 Å². The van der Waals surface area contributed by atoms with Gasteiger partial charge in [-0.1, -0.05) is 147 Å². The number of rotatable bonds is 6. The summed E-state index contributed by atoms with van der Waals surface area (Å²) in [5.41, 5.74) is 22.5. The summed E-state index contributed by atoms with van der Waals surface area (Å²) >= 11 is 0. The highest BCUT2D eigenvalue weighted by Crippen LogP contribution is 2.49. The van der Waals surface area contributed by atoms with Gasteiger partial charge in [-0.05, 0) is 92.5 Å². The first-order chi connectivity index (χ1) is 28.9. The van der Waals surface area contributed by atoms with Crippen LogP contribution in [0.5, 0.6) is 0 Å². The second-order valence-corrected chi connectivity index (χ2v) is 15.9. The van der Waals surface area contributed by atoms with Gasteiger partial charge in [-0.3, -0.25) is 4.99 Å². The van der Waals surface area contributed by atoms with Gasteiger partial charge in [-0.15, -0.1) is 0 Å². The Morgan fingerprint density at radius 1 is 0.492 bits per heavy atom. The van der Waals surface area contributed by atoms with Gasteiger partial charge in [-0.2, -0.15) is 0 Å². The third-order valence-electron chi connectivity index (χ3n) is 12.0. The zero-order valence-electron chi connectivity index (χ0n) is 32.7. The third-order valence-corrected chi connectivity index (χ3v) is 12.0. The number of furan rings is 2. The molecule has 2 N–H and O–H groups in total. The summed E-state index contributed by atoms with van der Waals surface area (Å²) < 4.78 is 12.9. The Hall–Kier alpha value is -7.50. The standard InChI is InChI=1S/C54H39N3O2/c1-54(2)44-20-10-9-18-40(44)41-26-23-37(31-45(41)54)52(55)57-53(34-15-7-4-8-16-34)56-32-38-17-11-21-48-50(38)42-30-36(25-28-46(42)58-48)39-19-12-22-49-51(39)43-29-35(24-27-47(43)59-49)33-13-5-3-6-14-33/h3-31H,32H2,1-2H3,(H2,55,56,57). The van der Waals surface area contributed by atoms with E-state index >= 15 is 0 Å². The van der Waals surface area contributed by atoms with Crippen molar-refractivity contribution in [2.24, 2.45) is 15.7 Å². The molecule has 0 aliphatic heterocycles. The Kier molecular flexibility index (Phi) is 7.99. The van der Waals surface area contributed by atoms with Gasteiger partial charge in [0.05, 0.1) is 6.54 Å². The predicted octanol–water partition coefficient (Wildman–Crippen LogP) is 13.5. The second kappa shape index (κ2) is 13.6. The molecule has 0 atom stereocenters. The molecule has 2 heterocycles. The second-order valence-electron chi connectivity index (χ2n) is 15.9. The lowest BCUT2D eigenvalue weighted by Crippen LogP contribution is -2.19. The molecule has 0 saturated carbocycles. The minimum absolute atomic E-state index is 0.144. The largest absolute Gasteiger partial charge is 0.456 e. The van der Waals surface area contributed by atoms with E-state index in [1.807, 2.05) is 54.6 Å². The molecular weight excluding hydrogens is 723 g/mol. The van der Waals surface area contributed by atoms with Crippen molar-refractivity contribution in [2.45, 2.75) is 25.8 Å². The van der Waals surface area contributed by atoms with Gasteiger partial charge in [-0.25, -0.2) is 4.99 Å². The molecule has 59 heavy (non-hydrogen) atoms. The van der Waals surface area contributed by atoms with Crippen LogP contribution in [0.3, 0.4) is 0 Å². The molecule has 10 aromatic rings. The summed E-state index contributed by atoms with van der Waals surface area (Å²) in [5.74, 6) is 1.00. The lowest BCUT2D eigenvalue weighted by atomic mass is 9.82. The Labute approximate surface area is 341 Å². The molecule has 11 rings (SSSR count). The topological polar surface area (TPSA) is 77.0 Å². The zero-order valence-corrected chi connectivity index (χ0v) is 32.7. The fourth-order valence-corrected chi connectivity index (χ4v) is 9.06. The highest BCUT2D eigenvalue weighted by atomic mass is 16.3. The quantitative estimate of drug-likeness (QED) is 0.135. The van der Waals surface area contributed by atoms with E-state index < -0.39 is 0 Å². The SMILES string of the molecule is CC1(C)c2ccccc2-c2ccc(C(N)=NC(=NCc3cccc4oc5ccc(-c6cccc7oc8ccc(-c9ccccc9)cc8c67)cc5c34)c3ccccc3)cc21. The monoisotopic (exact) mass is 761 g/mol. The normalized spacial score (nSPS) is 13.7. The highest BCUT2D eigenvalue weighted by molar-refractivity contribution is 6.15. The Bertz CT molecular complexity index is 3330. The minimum atomic E-state index is -0.144. The molecule has 282 valence electrons. The van der Waals surface area contributed by atoms with Crippen molar-refractivity contribution < 1.29 is 8.83 Å². The van der Waals surface area contributed by atoms with Crippen LogP contribution in [0.2, 0.25) is 0 Å². The van der Waals surface area contributed by atoms with Crippen LogP contribution < -0.4 is 5.73 Å². The maximum Gasteiger partial charge on any atom is 0.157 e. The van der Waals surface area contributed by atoms with Crippen molar-refractivity contribution in [2.75, 3.05) is 0 Å². The molecule has 8 aromatic carbocycles. The third kappa shape index (κ3) is 5.77. The molecule has 0 radical (unpaired) electrons. The fourth-order valence-electron chi connectivity index (χ4n) is 9.06. The number of benzene rings is 8. The molecule has 0 fully saturated rings. The average molecular weight is 762 g/mol. The lowest BCUT2D eigenvalue weighted by molar-refractivity contribution is 0.660. The molecule has 0 saturated heterocycles. The summed E-state index contributed by atoms with van der Waals surface area (Å²) in [6.07, 6.45) is 0. The van der Waals surface area contributed by atoms with Crippen LogP contribution in [0.25, 0.3) is 77.3 Å². The maximum atomic E-state index is 6.86. The van der Waals surface area contributed by atoms with Crippen molar-refractivity contribution in [3.05, 3.63) is 204 Å². The van der Waals surface area contributed by atoms with Gasteiger partial charge in [0.1, 0.15) is 28.2 Å². The maximum absolute atomic E-state index is 6.86. The molecule has 0 amide bonds. The number of hydrogen-bond donors (Lipinski definition) is 1. The minimum Gasteiger partial charge on any atom is -0.456 e. The van der Waals surface area contributed by atoms with E-state index in [-0.39, 0.29) is 5.41 Å². The van der Waals surface area contributed by atoms with E-state index in [1.165, 1.54) is 27.8 Å². The first kappa shape index (κ1) is 34.7. The van der Waals surface area contributed by atoms with Crippen LogP contribution in [0.15, 0.2) is 195 Å². The lowest BCUT2D eigenvalue weighted by Gasteiger charge is -2.21. The average Bonchev–Trinajstić information content (AvgIpc) is 3.92. The Balaban J connectivity index is 0.994. The van der Waals surface area contributed by atoms with Crippen LogP contribution >= 0.6 is 0 Å². The molecular formula is C54H39N3O2. The first-order valence-corrected chi connectivity index (χ1v) is 20.0. The molecule has 0 bridgehead atoms. The van der Waals surface area contributed by atoms with Crippen LogP contribution in [-0.4, -0.2) is 11.7 Å². The van der Waals surface area contributed by atoms with Crippen LogP contribution in [-0.2, 0) is 12.0 Å². The highest BCUT2D eigenvalue weighted by Gasteiger charge is 2.35. The van der Waals surface area contributed by atoms with E-state index in [0.717, 1.165) is 77.3 Å². The Morgan fingerprint density at radius 2 is 1.12 bits per heavy atom. The van der Waals surface area contributed by atoms with Crippen LogP contribution in [0, 0.1) is 0 Å². The van der Waals surface area contributed by atoms with E-state index in [2.05, 4.69) is 135 Å². The smallest absolute Gasteiger partial charge is 0.157 e. The predicted molar refractivity (Wildman–Crippen MR) is 243 cm³/mol. The van der Waals surface area contributed by atoms with E-state index in [1.54, 1.807) is 0 Å². The first-order valence-electron chi connectivity index (χ1n) is 20.0. The zero-order chi connectivity index (χ0) is 39.7. The van der Waals surface area contributed by atoms with Crippen molar-refractivity contribution in [3.8, 4) is 33.4 Å². The van der Waals surface area contributed by atoms with Crippen molar-refractivity contribution in [3.63, 3.8) is 0 Å². The summed E-state index contributed by atoms with van der Waals surface area (Å²) in [6.45, 7) is 4.93. The summed E-state index contributed by atoms with van der Waals surface area (Å²) in [6, 6.07) is 61.0. The summed E-state index contributed by atoms with van der Waals surface area (Å²) in [4.78, 5) is 10.2. The molecule has 0 unspecified atom stereocenters. The van der Waals surface area contributed by atoms with Gasteiger partial charge in [0, 0.05) is 38.1 Å². The van der Waals surface area contributed by atoms with E-state index in [9.17, 15) is 0 Å². The Morgan fingerprint density at radius 3 is 1.92 bits per heavy atom. The number of fused-ring (bicyclic) bond motifs is 9. The van der Waals surface area contributed by atoms with Crippen molar-refractivity contribution >= 4 is 55.5 Å². The summed E-state index contributed by atoms with van der Waals surface area (Å²) in [7, 11) is 0. The number of hydrogen-bond acceptors (Lipinski definition) is 3. The molecule has 5 heteroatoms. The van der Waals surface area contributed by atoms with Crippen LogP contribution in [0.1, 0.15) is 41.7 Å². The molecule has 1 aliphatic rings. The number of nitrogens with zero attached hydrogens (tertiary/aromatic N) is 2. The van der Waals surface area contributed by atoms with E-state index in [0.29, 0.717) is 18.2 Å². The molecule has 0 spiro atoms. The van der Waals surface area contributed by atoms with Gasteiger partial charge in [0.15, 0.2) is 5.84 Å². The molecule has 5 nitrogen and oxygen atoms in total. The van der Waals surface area contributed by atoms with Gasteiger partial charge < -0.3 is 14.6 Å². The fraction of sp³-hybridized carbons (Fsp3) is 0.0741. The van der Waals surface area contributed by atoms with Crippen LogP contribution in [0.4, 0.5) is 0 Å². The van der Waals surface area contributed by atoms with Crippen molar-refractivity contribution in [1.82, 2.24) is 0 Å². The molecule has 2 aromatic heterocycles. The summed E-state index contributed by atoms with van der Waals surface area (Å²) in [5, 5.41) is 4.25. The van der Waals surface area contributed by atoms with Gasteiger partial charge >= 0.3 is 0 Å². The van der Waals surface area contributed by atoms with Crippen molar-refractivity contribution in [1.29, 1.82) is 0 Å². The molecule has 1 aliphatic carbocycles. The van der Waals surface area contributed by atoms with Gasteiger partial charge in [0.2, 0.25) is 0 Å². The van der Waals surface area contributed by atoms with Gasteiger partial charge in [0.25, 0.3) is 0 Å². The number of nitrogens with two attached hydrogens (primary N) is 1. The number of aliphatic imine (C=N–C) groups is 2.